The van der Waals surface area contributed by atoms with Crippen molar-refractivity contribution in [3.05, 3.63) is 24.1 Å². The molecule has 9 heavy (non-hydrogen) atoms. The van der Waals surface area contributed by atoms with E-state index in [2.05, 4.69) is 9.68 Å². The van der Waals surface area contributed by atoms with Gasteiger partial charge in [-0.1, -0.05) is 11.2 Å². The summed E-state index contributed by atoms with van der Waals surface area (Å²) in [5.41, 5.74) is 0. The van der Waals surface area contributed by atoms with E-state index in [1.807, 2.05) is 0 Å². The van der Waals surface area contributed by atoms with Gasteiger partial charge in [0.1, 0.15) is 0 Å². The van der Waals surface area contributed by atoms with E-state index in [0.29, 0.717) is 5.76 Å². The maximum absolute atomic E-state index is 8.32. The van der Waals surface area contributed by atoms with Crippen LogP contribution in [0.2, 0.25) is 0 Å². The summed E-state index contributed by atoms with van der Waals surface area (Å²) in [6, 6.07) is 1.71. The van der Waals surface area contributed by atoms with E-state index >= 15 is 0 Å². The summed E-state index contributed by atoms with van der Waals surface area (Å²) in [6.45, 7) is 0.0285. The number of hydrogen-bond donors (Lipinski definition) is 1. The van der Waals surface area contributed by atoms with Gasteiger partial charge in [0.05, 0.1) is 12.8 Å². The van der Waals surface area contributed by atoms with Crippen molar-refractivity contribution in [3.63, 3.8) is 0 Å². The fraction of sp³-hybridized carbons (Fsp3) is 0.167. The molecule has 0 bridgehead atoms. The van der Waals surface area contributed by atoms with Crippen molar-refractivity contribution in [3.8, 4) is 0 Å². The molecule has 3 nitrogen and oxygen atoms in total. The molecule has 0 saturated heterocycles. The monoisotopic (exact) mass is 125 g/mol. The second-order valence-corrected chi connectivity index (χ2v) is 1.50. The number of aromatic nitrogens is 1. The molecule has 0 unspecified atom stereocenters. The van der Waals surface area contributed by atoms with E-state index in [0.717, 1.165) is 0 Å². The Labute approximate surface area is 52.6 Å². The number of hydrogen-bond acceptors (Lipinski definition) is 3. The third-order valence-corrected chi connectivity index (χ3v) is 0.845. The lowest BCUT2D eigenvalue weighted by molar-refractivity contribution is 0.343. The molecular formula is C6H7NO2. The molecule has 0 aliphatic rings. The summed E-state index contributed by atoms with van der Waals surface area (Å²) in [5.74, 6) is 0.657. The lowest BCUT2D eigenvalue weighted by atomic mass is 10.4. The van der Waals surface area contributed by atoms with Gasteiger partial charge in [0.2, 0.25) is 0 Å². The molecule has 1 rings (SSSR count). The summed E-state index contributed by atoms with van der Waals surface area (Å²) in [6.07, 6.45) is 4.80. The van der Waals surface area contributed by atoms with E-state index in [-0.39, 0.29) is 6.61 Å². The average Bonchev–Trinajstić information content (AvgIpc) is 2.34. The molecule has 1 aromatic heterocycles. The Bertz CT molecular complexity index is 179. The Morgan fingerprint density at radius 1 is 1.78 bits per heavy atom. The van der Waals surface area contributed by atoms with Gasteiger partial charge < -0.3 is 9.63 Å². The number of nitrogens with zero attached hydrogens (tertiary/aromatic N) is 1. The molecule has 48 valence electrons. The minimum Gasteiger partial charge on any atom is -0.392 e. The predicted molar refractivity (Wildman–Crippen MR) is 32.6 cm³/mol. The molecule has 0 aromatic carbocycles. The van der Waals surface area contributed by atoms with Gasteiger partial charge in [-0.3, -0.25) is 0 Å². The van der Waals surface area contributed by atoms with Gasteiger partial charge in [-0.2, -0.15) is 0 Å². The molecule has 0 aliphatic heterocycles. The summed E-state index contributed by atoms with van der Waals surface area (Å²) in [4.78, 5) is 0. The zero-order valence-electron chi connectivity index (χ0n) is 4.82. The maximum Gasteiger partial charge on any atom is 0.159 e. The van der Waals surface area contributed by atoms with Crippen LogP contribution in [0.4, 0.5) is 0 Å². The molecule has 3 heteroatoms. The van der Waals surface area contributed by atoms with Crippen molar-refractivity contribution in [1.29, 1.82) is 0 Å². The molecule has 1 heterocycles. The van der Waals surface area contributed by atoms with E-state index in [9.17, 15) is 0 Å². The van der Waals surface area contributed by atoms with Crippen molar-refractivity contribution in [2.75, 3.05) is 6.61 Å². The quantitative estimate of drug-likeness (QED) is 0.632. The average molecular weight is 125 g/mol. The molecule has 0 saturated carbocycles. The minimum absolute atomic E-state index is 0.0285. The zero-order valence-corrected chi connectivity index (χ0v) is 4.82. The number of rotatable bonds is 2. The van der Waals surface area contributed by atoms with Crippen molar-refractivity contribution >= 4 is 6.08 Å². The van der Waals surface area contributed by atoms with Crippen LogP contribution in [0.5, 0.6) is 0 Å². The topological polar surface area (TPSA) is 46.3 Å². The Hall–Kier alpha value is -1.09. The van der Waals surface area contributed by atoms with Gasteiger partial charge in [-0.05, 0) is 6.08 Å². The second kappa shape index (κ2) is 3.04. The summed E-state index contributed by atoms with van der Waals surface area (Å²) < 4.78 is 4.69. The summed E-state index contributed by atoms with van der Waals surface area (Å²) in [5, 5.41) is 11.8. The van der Waals surface area contributed by atoms with E-state index < -0.39 is 0 Å². The van der Waals surface area contributed by atoms with Crippen molar-refractivity contribution in [2.24, 2.45) is 0 Å². The van der Waals surface area contributed by atoms with Crippen LogP contribution < -0.4 is 0 Å². The third kappa shape index (κ3) is 1.70. The summed E-state index contributed by atoms with van der Waals surface area (Å²) >= 11 is 0. The van der Waals surface area contributed by atoms with Crippen LogP contribution >= 0.6 is 0 Å². The number of aliphatic hydroxyl groups excluding tert-OH is 1. The predicted octanol–water partition coefficient (Wildman–Crippen LogP) is 0.680. The van der Waals surface area contributed by atoms with Crippen LogP contribution in [-0.2, 0) is 0 Å². The van der Waals surface area contributed by atoms with E-state index in [4.69, 9.17) is 5.11 Å². The van der Waals surface area contributed by atoms with Gasteiger partial charge in [0, 0.05) is 6.07 Å². The summed E-state index contributed by atoms with van der Waals surface area (Å²) in [7, 11) is 0. The molecule has 1 N–H and O–H groups in total. The maximum atomic E-state index is 8.32. The van der Waals surface area contributed by atoms with Crippen LogP contribution in [0.25, 0.3) is 6.08 Å². The molecule has 0 spiro atoms. The molecule has 0 radical (unpaired) electrons. The van der Waals surface area contributed by atoms with Gasteiger partial charge in [-0.25, -0.2) is 0 Å². The standard InChI is InChI=1S/C6H7NO2/c8-5-1-2-6-3-4-7-9-6/h1-4,8H,5H2/b2-1+. The third-order valence-electron chi connectivity index (χ3n) is 0.845. The van der Waals surface area contributed by atoms with Crippen LogP contribution in [0.3, 0.4) is 0 Å². The second-order valence-electron chi connectivity index (χ2n) is 1.50. The Morgan fingerprint density at radius 3 is 3.22 bits per heavy atom. The SMILES string of the molecule is OC/C=C/c1ccno1. The molecule has 0 fully saturated rings. The molecule has 0 amide bonds. The first-order valence-corrected chi connectivity index (χ1v) is 2.61. The zero-order chi connectivity index (χ0) is 6.53. The highest BCUT2D eigenvalue weighted by Crippen LogP contribution is 1.97. The molecule has 0 atom stereocenters. The molecular weight excluding hydrogens is 118 g/mol. The van der Waals surface area contributed by atoms with Gasteiger partial charge in [0.15, 0.2) is 5.76 Å². The molecule has 0 aliphatic carbocycles. The van der Waals surface area contributed by atoms with Crippen molar-refractivity contribution < 1.29 is 9.63 Å². The highest BCUT2D eigenvalue weighted by molar-refractivity contribution is 5.40. The van der Waals surface area contributed by atoms with E-state index in [1.54, 1.807) is 24.4 Å². The van der Waals surface area contributed by atoms with Gasteiger partial charge in [-0.15, -0.1) is 0 Å². The number of aliphatic hydroxyl groups is 1. The molecule has 1 aromatic rings. The van der Waals surface area contributed by atoms with Crippen molar-refractivity contribution in [1.82, 2.24) is 5.16 Å². The first kappa shape index (κ1) is 6.04. The van der Waals surface area contributed by atoms with Crippen LogP contribution in [0, 0.1) is 0 Å². The van der Waals surface area contributed by atoms with Crippen LogP contribution in [0.15, 0.2) is 22.9 Å². The smallest absolute Gasteiger partial charge is 0.159 e. The highest BCUT2D eigenvalue weighted by atomic mass is 16.5. The lowest BCUT2D eigenvalue weighted by Gasteiger charge is -1.77. The van der Waals surface area contributed by atoms with Gasteiger partial charge in [0.25, 0.3) is 0 Å². The van der Waals surface area contributed by atoms with Gasteiger partial charge >= 0.3 is 0 Å². The fourth-order valence-corrected chi connectivity index (χ4v) is 0.480. The van der Waals surface area contributed by atoms with Crippen molar-refractivity contribution in [2.45, 2.75) is 0 Å². The first-order valence-electron chi connectivity index (χ1n) is 2.61. The van der Waals surface area contributed by atoms with E-state index in [1.165, 1.54) is 0 Å². The van der Waals surface area contributed by atoms with Crippen LogP contribution in [0.1, 0.15) is 5.76 Å². The largest absolute Gasteiger partial charge is 0.392 e. The van der Waals surface area contributed by atoms with Crippen LogP contribution in [-0.4, -0.2) is 16.9 Å². The fourth-order valence-electron chi connectivity index (χ4n) is 0.480. The lowest BCUT2D eigenvalue weighted by Crippen LogP contribution is -1.69. The minimum atomic E-state index is 0.0285. The highest BCUT2D eigenvalue weighted by Gasteiger charge is 1.85. The first-order chi connectivity index (χ1) is 4.43. The Kier molecular flexibility index (Phi) is 2.04. The normalized spacial score (nSPS) is 10.8. The Morgan fingerprint density at radius 2 is 2.67 bits per heavy atom. The Balaban J connectivity index is 2.57.